The van der Waals surface area contributed by atoms with E-state index in [-0.39, 0.29) is 11.3 Å². The lowest BCUT2D eigenvalue weighted by Crippen LogP contribution is -2.53. The van der Waals surface area contributed by atoms with E-state index in [9.17, 15) is 25.0 Å². The fraction of sp³-hybridized carbons (Fsp3) is 0.526. The SMILES string of the molecule is COC(=O)c1ccc(O[C@H](C)C(=O)N(C)C2(C#N)CCCCC2)c([N+](=O)[O-])c1. The highest BCUT2D eigenvalue weighted by atomic mass is 16.6. The van der Waals surface area contributed by atoms with Crippen molar-refractivity contribution in [3.8, 4) is 11.8 Å². The molecule has 2 rings (SSSR count). The van der Waals surface area contributed by atoms with Crippen molar-refractivity contribution in [3.63, 3.8) is 0 Å². The van der Waals surface area contributed by atoms with Gasteiger partial charge in [-0.1, -0.05) is 19.3 Å². The summed E-state index contributed by atoms with van der Waals surface area (Å²) in [5.74, 6) is -1.29. The van der Waals surface area contributed by atoms with Crippen LogP contribution in [-0.4, -0.2) is 47.5 Å². The molecular formula is C19H23N3O6. The van der Waals surface area contributed by atoms with Gasteiger partial charge in [0, 0.05) is 13.1 Å². The van der Waals surface area contributed by atoms with Crippen LogP contribution in [0.3, 0.4) is 0 Å². The first-order valence-electron chi connectivity index (χ1n) is 8.98. The van der Waals surface area contributed by atoms with Gasteiger partial charge < -0.3 is 14.4 Å². The Bertz CT molecular complexity index is 810. The molecule has 28 heavy (non-hydrogen) atoms. The number of nitrogens with zero attached hydrogens (tertiary/aromatic N) is 3. The fourth-order valence-electron chi connectivity index (χ4n) is 3.39. The third-order valence-corrected chi connectivity index (χ3v) is 5.09. The fourth-order valence-corrected chi connectivity index (χ4v) is 3.39. The zero-order valence-corrected chi connectivity index (χ0v) is 16.1. The first-order valence-corrected chi connectivity index (χ1v) is 8.98. The summed E-state index contributed by atoms with van der Waals surface area (Å²) in [6.45, 7) is 1.48. The number of benzene rings is 1. The van der Waals surface area contributed by atoms with Crippen LogP contribution in [0.4, 0.5) is 5.69 Å². The van der Waals surface area contributed by atoms with Gasteiger partial charge in [0.15, 0.2) is 11.9 Å². The molecule has 0 radical (unpaired) electrons. The maximum Gasteiger partial charge on any atom is 0.338 e. The van der Waals surface area contributed by atoms with E-state index >= 15 is 0 Å². The summed E-state index contributed by atoms with van der Waals surface area (Å²) in [6.07, 6.45) is 2.89. The molecule has 9 nitrogen and oxygen atoms in total. The molecule has 1 amide bonds. The van der Waals surface area contributed by atoms with Crippen molar-refractivity contribution in [2.45, 2.75) is 50.7 Å². The lowest BCUT2D eigenvalue weighted by atomic mass is 9.81. The molecule has 0 spiro atoms. The molecule has 0 heterocycles. The molecule has 0 bridgehead atoms. The van der Waals surface area contributed by atoms with E-state index < -0.39 is 34.1 Å². The van der Waals surface area contributed by atoms with Crippen LogP contribution in [0, 0.1) is 21.4 Å². The monoisotopic (exact) mass is 389 g/mol. The summed E-state index contributed by atoms with van der Waals surface area (Å²) in [6, 6.07) is 5.89. The van der Waals surface area contributed by atoms with Crippen molar-refractivity contribution in [2.24, 2.45) is 0 Å². The number of ether oxygens (including phenoxy) is 2. The average molecular weight is 389 g/mol. The second-order valence-electron chi connectivity index (χ2n) is 6.79. The quantitative estimate of drug-likeness (QED) is 0.416. The van der Waals surface area contributed by atoms with Gasteiger partial charge in [-0.2, -0.15) is 5.26 Å². The van der Waals surface area contributed by atoms with E-state index in [0.29, 0.717) is 12.8 Å². The highest BCUT2D eigenvalue weighted by molar-refractivity contribution is 5.90. The normalized spacial score (nSPS) is 16.4. The van der Waals surface area contributed by atoms with E-state index in [2.05, 4.69) is 10.8 Å². The Morgan fingerprint density at radius 2 is 1.96 bits per heavy atom. The number of likely N-dealkylation sites (N-methyl/N-ethyl adjacent to an activating group) is 1. The molecule has 0 unspecified atom stereocenters. The third-order valence-electron chi connectivity index (χ3n) is 5.09. The van der Waals surface area contributed by atoms with Crippen LogP contribution >= 0.6 is 0 Å². The molecule has 150 valence electrons. The van der Waals surface area contributed by atoms with Gasteiger partial charge in [-0.15, -0.1) is 0 Å². The van der Waals surface area contributed by atoms with Crippen molar-refractivity contribution in [1.82, 2.24) is 4.90 Å². The molecule has 1 atom stereocenters. The Kier molecular flexibility index (Phi) is 6.57. The number of hydrogen-bond donors (Lipinski definition) is 0. The van der Waals surface area contributed by atoms with E-state index in [4.69, 9.17) is 4.74 Å². The molecule has 1 aliphatic rings. The molecule has 1 aromatic rings. The molecule has 9 heteroatoms. The van der Waals surface area contributed by atoms with E-state index in [1.807, 2.05) is 0 Å². The molecule has 1 fully saturated rings. The summed E-state index contributed by atoms with van der Waals surface area (Å²) in [7, 11) is 2.73. The molecule has 1 aromatic carbocycles. The van der Waals surface area contributed by atoms with Crippen molar-refractivity contribution in [2.75, 3.05) is 14.2 Å². The number of nitro benzene ring substituents is 1. The van der Waals surface area contributed by atoms with Gasteiger partial charge in [-0.05, 0) is 31.9 Å². The van der Waals surface area contributed by atoms with Crippen LogP contribution in [-0.2, 0) is 9.53 Å². The van der Waals surface area contributed by atoms with Gasteiger partial charge in [-0.3, -0.25) is 14.9 Å². The zero-order valence-electron chi connectivity index (χ0n) is 16.1. The van der Waals surface area contributed by atoms with Crippen LogP contribution < -0.4 is 4.74 Å². The Labute approximate surface area is 163 Å². The first kappa shape index (κ1) is 21.2. The van der Waals surface area contributed by atoms with Gasteiger partial charge >= 0.3 is 11.7 Å². The van der Waals surface area contributed by atoms with Crippen LogP contribution in [0.5, 0.6) is 5.75 Å². The minimum atomic E-state index is -1.04. The second-order valence-corrected chi connectivity index (χ2v) is 6.79. The van der Waals surface area contributed by atoms with E-state index in [1.165, 1.54) is 31.1 Å². The van der Waals surface area contributed by atoms with Crippen molar-refractivity contribution < 1.29 is 24.0 Å². The largest absolute Gasteiger partial charge is 0.474 e. The van der Waals surface area contributed by atoms with Gasteiger partial charge in [0.1, 0.15) is 5.54 Å². The maximum atomic E-state index is 12.8. The molecule has 0 saturated heterocycles. The number of amides is 1. The molecular weight excluding hydrogens is 366 g/mol. The number of carbonyl (C=O) groups is 2. The number of methoxy groups -OCH3 is 1. The Morgan fingerprint density at radius 1 is 1.32 bits per heavy atom. The summed E-state index contributed by atoms with van der Waals surface area (Å²) in [4.78, 5) is 36.5. The van der Waals surface area contributed by atoms with Gasteiger partial charge in [0.2, 0.25) is 0 Å². The number of esters is 1. The second kappa shape index (κ2) is 8.69. The number of carbonyl (C=O) groups excluding carboxylic acids is 2. The average Bonchev–Trinajstić information content (AvgIpc) is 2.72. The van der Waals surface area contributed by atoms with E-state index in [0.717, 1.165) is 25.3 Å². The summed E-state index contributed by atoms with van der Waals surface area (Å²) < 4.78 is 10.1. The Morgan fingerprint density at radius 3 is 2.50 bits per heavy atom. The number of rotatable bonds is 6. The minimum absolute atomic E-state index is 0.00304. The van der Waals surface area contributed by atoms with Crippen molar-refractivity contribution in [1.29, 1.82) is 5.26 Å². The predicted octanol–water partition coefficient (Wildman–Crippen LogP) is 2.83. The molecule has 1 saturated carbocycles. The highest BCUT2D eigenvalue weighted by Crippen LogP contribution is 2.34. The molecule has 0 N–H and O–H groups in total. The third kappa shape index (κ3) is 4.22. The van der Waals surface area contributed by atoms with Gasteiger partial charge in [0.25, 0.3) is 5.91 Å². The van der Waals surface area contributed by atoms with E-state index in [1.54, 1.807) is 7.05 Å². The molecule has 1 aliphatic carbocycles. The van der Waals surface area contributed by atoms with Crippen molar-refractivity contribution in [3.05, 3.63) is 33.9 Å². The lowest BCUT2D eigenvalue weighted by molar-refractivity contribution is -0.386. The smallest absolute Gasteiger partial charge is 0.338 e. The Hall–Kier alpha value is -3.15. The number of nitriles is 1. The zero-order chi connectivity index (χ0) is 20.9. The number of nitro groups is 1. The Balaban J connectivity index is 2.22. The maximum absolute atomic E-state index is 12.8. The van der Waals surface area contributed by atoms with Crippen LogP contribution in [0.15, 0.2) is 18.2 Å². The predicted molar refractivity (Wildman–Crippen MR) is 98.7 cm³/mol. The summed E-state index contributed by atoms with van der Waals surface area (Å²) >= 11 is 0. The van der Waals surface area contributed by atoms with Gasteiger partial charge in [-0.25, -0.2) is 4.79 Å². The van der Waals surface area contributed by atoms with Crippen LogP contribution in [0.1, 0.15) is 49.4 Å². The summed E-state index contributed by atoms with van der Waals surface area (Å²) in [5.41, 5.74) is -1.32. The minimum Gasteiger partial charge on any atom is -0.474 e. The molecule has 0 aromatic heterocycles. The number of hydrogen-bond acceptors (Lipinski definition) is 7. The van der Waals surface area contributed by atoms with Crippen LogP contribution in [0.2, 0.25) is 0 Å². The highest BCUT2D eigenvalue weighted by Gasteiger charge is 2.40. The van der Waals surface area contributed by atoms with Crippen LogP contribution in [0.25, 0.3) is 0 Å². The summed E-state index contributed by atoms with van der Waals surface area (Å²) in [5, 5.41) is 21.0. The first-order chi connectivity index (χ1) is 13.3. The molecule has 0 aliphatic heterocycles. The van der Waals surface area contributed by atoms with Gasteiger partial charge in [0.05, 0.1) is 23.7 Å². The van der Waals surface area contributed by atoms with Crippen molar-refractivity contribution >= 4 is 17.6 Å². The standard InChI is InChI=1S/C19H23N3O6/c1-13(17(23)21(2)19(12-20)9-5-4-6-10-19)28-16-8-7-14(18(24)27-3)11-15(16)22(25)26/h7-8,11,13H,4-6,9-10H2,1-3H3/t13-/m1/s1. The topological polar surface area (TPSA) is 123 Å². The lowest BCUT2D eigenvalue weighted by Gasteiger charge is -2.39.